The van der Waals surface area contributed by atoms with Gasteiger partial charge in [0.25, 0.3) is 5.91 Å². The van der Waals surface area contributed by atoms with Crippen molar-refractivity contribution in [1.29, 1.82) is 0 Å². The van der Waals surface area contributed by atoms with E-state index >= 15 is 0 Å². The highest BCUT2D eigenvalue weighted by atomic mass is 16.5. The Morgan fingerprint density at radius 3 is 2.33 bits per heavy atom. The number of hydrogen-bond acceptors (Lipinski definition) is 10. The highest BCUT2D eigenvalue weighted by molar-refractivity contribution is 5.97. The molecule has 244 valence electrons. The Balaban J connectivity index is 1.08. The predicted octanol–water partition coefficient (Wildman–Crippen LogP) is 4.28. The van der Waals surface area contributed by atoms with E-state index in [1.54, 1.807) is 6.20 Å². The van der Waals surface area contributed by atoms with Crippen LogP contribution in [0.2, 0.25) is 0 Å². The lowest BCUT2D eigenvalue weighted by Gasteiger charge is -2.50. The van der Waals surface area contributed by atoms with E-state index in [2.05, 4.69) is 49.5 Å². The molecule has 1 spiro atoms. The first kappa shape index (κ1) is 30.8. The number of carbonyl (C=O) groups is 1. The van der Waals surface area contributed by atoms with E-state index in [0.717, 1.165) is 76.3 Å². The minimum atomic E-state index is -0.638. The number of benzene rings is 1. The maximum atomic E-state index is 12.7. The van der Waals surface area contributed by atoms with Crippen molar-refractivity contribution in [3.8, 4) is 11.4 Å². The molecule has 0 radical (unpaired) electrons. The zero-order valence-electron chi connectivity index (χ0n) is 27.2. The van der Waals surface area contributed by atoms with Gasteiger partial charge in [-0.25, -0.2) is 9.97 Å². The summed E-state index contributed by atoms with van der Waals surface area (Å²) in [5, 5.41) is 7.02. The molecular weight excluding hydrogens is 578 g/mol. The molecule has 1 aliphatic carbocycles. The van der Waals surface area contributed by atoms with Gasteiger partial charge in [0.2, 0.25) is 0 Å². The Morgan fingerprint density at radius 1 is 0.935 bits per heavy atom. The van der Waals surface area contributed by atoms with Gasteiger partial charge in [0.05, 0.1) is 5.69 Å². The van der Waals surface area contributed by atoms with Crippen LogP contribution in [0.15, 0.2) is 42.6 Å². The second-order valence-corrected chi connectivity index (χ2v) is 13.7. The second-order valence-electron chi connectivity index (χ2n) is 13.7. The van der Waals surface area contributed by atoms with Crippen LogP contribution in [0, 0.1) is 12.3 Å². The molecule has 46 heavy (non-hydrogen) atoms. The van der Waals surface area contributed by atoms with Crippen molar-refractivity contribution >= 4 is 28.9 Å². The zero-order chi connectivity index (χ0) is 31.7. The zero-order valence-corrected chi connectivity index (χ0v) is 27.2. The van der Waals surface area contributed by atoms with Crippen LogP contribution in [-0.4, -0.2) is 102 Å². The normalized spacial score (nSPS) is 21.2. The van der Waals surface area contributed by atoms with Crippen LogP contribution in [-0.2, 0) is 4.74 Å². The van der Waals surface area contributed by atoms with Gasteiger partial charge in [0.1, 0.15) is 5.69 Å². The quantitative estimate of drug-likeness (QED) is 0.334. The molecule has 4 N–H and O–H groups in total. The monoisotopic (exact) mass is 625 g/mol. The summed E-state index contributed by atoms with van der Waals surface area (Å²) >= 11 is 0. The van der Waals surface area contributed by atoms with Crippen LogP contribution < -0.4 is 21.3 Å². The maximum absolute atomic E-state index is 12.7. The van der Waals surface area contributed by atoms with Gasteiger partial charge in [-0.05, 0) is 93.8 Å². The Hall–Kier alpha value is -3.80. The molecule has 2 aromatic heterocycles. The molecule has 0 atom stereocenters. The Labute approximate surface area is 271 Å². The molecule has 11 nitrogen and oxygen atoms in total. The van der Waals surface area contributed by atoms with E-state index in [-0.39, 0.29) is 11.7 Å². The molecule has 3 aliphatic heterocycles. The van der Waals surface area contributed by atoms with Gasteiger partial charge in [-0.3, -0.25) is 14.7 Å². The van der Waals surface area contributed by atoms with E-state index in [4.69, 9.17) is 20.4 Å². The molecule has 3 aromatic rings. The van der Waals surface area contributed by atoms with Crippen molar-refractivity contribution in [2.75, 3.05) is 75.1 Å². The first-order chi connectivity index (χ1) is 22.4. The summed E-state index contributed by atoms with van der Waals surface area (Å²) in [7, 11) is 2.21. The number of amides is 1. The average Bonchev–Trinajstić information content (AvgIpc) is 3.06. The number of primary amides is 1. The predicted molar refractivity (Wildman–Crippen MR) is 182 cm³/mol. The van der Waals surface area contributed by atoms with Crippen molar-refractivity contribution in [2.24, 2.45) is 11.1 Å². The number of aryl methyl sites for hydroxylation is 1. The summed E-state index contributed by atoms with van der Waals surface area (Å²) in [4.78, 5) is 34.7. The van der Waals surface area contributed by atoms with Crippen LogP contribution in [0.25, 0.3) is 11.4 Å². The second kappa shape index (κ2) is 13.1. The number of piperazine rings is 1. The van der Waals surface area contributed by atoms with Crippen molar-refractivity contribution in [2.45, 2.75) is 57.5 Å². The molecule has 1 aromatic carbocycles. The largest absolute Gasteiger partial charge is 0.381 e. The summed E-state index contributed by atoms with van der Waals surface area (Å²) in [6.45, 7) is 10.4. The fraction of sp³-hybridized carbons (Fsp3) is 0.543. The SMILES string of the molecule is Cc1cccnc1-c1nc(C(N)=O)c(Nc2ccc(N3CCC(N4CCN(C)CC4)CC3)cc2)nc1NC1CC2(CCOCC2)C1. The third-order valence-electron chi connectivity index (χ3n) is 10.6. The first-order valence-electron chi connectivity index (χ1n) is 16.9. The van der Waals surface area contributed by atoms with Crippen LogP contribution in [0.5, 0.6) is 0 Å². The number of nitrogens with zero attached hydrogens (tertiary/aromatic N) is 6. The van der Waals surface area contributed by atoms with Crippen LogP contribution >= 0.6 is 0 Å². The van der Waals surface area contributed by atoms with Gasteiger partial charge < -0.3 is 30.9 Å². The minimum absolute atomic E-state index is 0.0927. The fourth-order valence-electron chi connectivity index (χ4n) is 7.76. The lowest BCUT2D eigenvalue weighted by atomic mass is 9.61. The third-order valence-corrected chi connectivity index (χ3v) is 10.6. The number of likely N-dealkylation sites (N-methyl/N-ethyl adjacent to an activating group) is 1. The molecule has 1 saturated carbocycles. The van der Waals surface area contributed by atoms with Gasteiger partial charge in [-0.2, -0.15) is 0 Å². The number of pyridine rings is 1. The number of rotatable bonds is 8. The van der Waals surface area contributed by atoms with Gasteiger partial charge in [-0.1, -0.05) is 6.07 Å². The molecule has 5 heterocycles. The van der Waals surface area contributed by atoms with E-state index < -0.39 is 5.91 Å². The van der Waals surface area contributed by atoms with E-state index in [1.807, 2.05) is 31.2 Å². The topological polar surface area (TPSA) is 125 Å². The van der Waals surface area contributed by atoms with Gasteiger partial charge in [-0.15, -0.1) is 0 Å². The number of nitrogens with one attached hydrogen (secondary N) is 2. The molecule has 7 rings (SSSR count). The van der Waals surface area contributed by atoms with E-state index in [0.29, 0.717) is 34.5 Å². The highest BCUT2D eigenvalue weighted by Crippen LogP contribution is 2.50. The first-order valence-corrected chi connectivity index (χ1v) is 16.9. The lowest BCUT2D eigenvalue weighted by molar-refractivity contribution is -0.0342. The van der Waals surface area contributed by atoms with Crippen molar-refractivity contribution < 1.29 is 9.53 Å². The Morgan fingerprint density at radius 2 is 1.65 bits per heavy atom. The molecule has 4 aliphatic rings. The number of anilines is 4. The number of hydrogen-bond donors (Lipinski definition) is 3. The maximum Gasteiger partial charge on any atom is 0.271 e. The standard InChI is InChI=1S/C35H47N9O2/c1-24-4-3-13-37-29(24)30-33(39-26-22-35(23-26)11-20-46-21-12-35)41-34(31(40-30)32(36)45)38-25-5-7-27(8-6-25)43-14-9-28(10-15-43)44-18-16-42(2)17-19-44/h3-8,13,26,28H,9-12,14-23H2,1-2H3,(H2,36,45)(H2,38,39,41). The van der Waals surface area contributed by atoms with Gasteiger partial charge in [0.15, 0.2) is 17.3 Å². The minimum Gasteiger partial charge on any atom is -0.381 e. The molecule has 0 bridgehead atoms. The van der Waals surface area contributed by atoms with Gasteiger partial charge in [0, 0.05) is 82.1 Å². The molecule has 0 unspecified atom stereocenters. The van der Waals surface area contributed by atoms with Crippen molar-refractivity contribution in [3.63, 3.8) is 0 Å². The fourth-order valence-corrected chi connectivity index (χ4v) is 7.76. The van der Waals surface area contributed by atoms with Crippen LogP contribution in [0.4, 0.5) is 23.0 Å². The van der Waals surface area contributed by atoms with E-state index in [1.165, 1.54) is 31.6 Å². The number of piperidine rings is 1. The average molecular weight is 626 g/mol. The van der Waals surface area contributed by atoms with Crippen molar-refractivity contribution in [3.05, 3.63) is 53.9 Å². The Kier molecular flexibility index (Phi) is 8.80. The number of aromatic nitrogens is 3. The van der Waals surface area contributed by atoms with E-state index in [9.17, 15) is 4.79 Å². The summed E-state index contributed by atoms with van der Waals surface area (Å²) < 4.78 is 5.62. The summed E-state index contributed by atoms with van der Waals surface area (Å²) in [5.41, 5.74) is 10.5. The number of ether oxygens (including phenoxy) is 1. The number of nitrogens with two attached hydrogens (primary N) is 1. The molecule has 4 fully saturated rings. The lowest BCUT2D eigenvalue weighted by Crippen LogP contribution is -2.52. The van der Waals surface area contributed by atoms with Crippen LogP contribution in [0.1, 0.15) is 54.6 Å². The highest BCUT2D eigenvalue weighted by Gasteiger charge is 2.45. The number of carbonyl (C=O) groups excluding carboxylic acids is 1. The Bertz CT molecular complexity index is 1520. The molecular formula is C35H47N9O2. The third kappa shape index (κ3) is 6.54. The van der Waals surface area contributed by atoms with Crippen molar-refractivity contribution in [1.82, 2.24) is 24.8 Å². The summed E-state index contributed by atoms with van der Waals surface area (Å²) in [6.07, 6.45) is 8.44. The molecule has 3 saturated heterocycles. The van der Waals surface area contributed by atoms with Gasteiger partial charge >= 0.3 is 0 Å². The summed E-state index contributed by atoms with van der Waals surface area (Å²) in [6, 6.07) is 13.2. The summed E-state index contributed by atoms with van der Waals surface area (Å²) in [5.74, 6) is 0.315. The van der Waals surface area contributed by atoms with Crippen LogP contribution in [0.3, 0.4) is 0 Å². The smallest absolute Gasteiger partial charge is 0.271 e. The molecule has 1 amide bonds. The molecule has 11 heteroatoms.